The van der Waals surface area contributed by atoms with Gasteiger partial charge in [0.1, 0.15) is 12.2 Å². The molecule has 0 bridgehead atoms. The standard InChI is InChI=1S/C15H30O7Si/c1-4-20-23(21-5-2,22-6-3)12-15(19-11-14-10-18-14)8-16-7-13-9-17-13/h13-15H,4-12H2,1-3H3. The van der Waals surface area contributed by atoms with Crippen LogP contribution in [0.25, 0.3) is 0 Å². The van der Waals surface area contributed by atoms with Gasteiger partial charge in [0.25, 0.3) is 0 Å². The van der Waals surface area contributed by atoms with Crippen molar-refractivity contribution in [3.63, 3.8) is 0 Å². The van der Waals surface area contributed by atoms with Crippen LogP contribution in [-0.2, 0) is 32.2 Å². The molecule has 0 amide bonds. The number of hydrogen-bond acceptors (Lipinski definition) is 7. The molecule has 2 rings (SSSR count). The van der Waals surface area contributed by atoms with E-state index < -0.39 is 8.80 Å². The van der Waals surface area contributed by atoms with E-state index >= 15 is 0 Å². The van der Waals surface area contributed by atoms with Gasteiger partial charge >= 0.3 is 8.80 Å². The van der Waals surface area contributed by atoms with Crippen LogP contribution < -0.4 is 0 Å². The van der Waals surface area contributed by atoms with Crippen LogP contribution in [0.15, 0.2) is 0 Å². The summed E-state index contributed by atoms with van der Waals surface area (Å²) in [4.78, 5) is 0. The van der Waals surface area contributed by atoms with Gasteiger partial charge < -0.3 is 32.2 Å². The van der Waals surface area contributed by atoms with Gasteiger partial charge in [-0.15, -0.1) is 0 Å². The highest BCUT2D eigenvalue weighted by Crippen LogP contribution is 2.22. The lowest BCUT2D eigenvalue weighted by atomic mass is 10.4. The Morgan fingerprint density at radius 2 is 1.43 bits per heavy atom. The second-order valence-corrected chi connectivity index (χ2v) is 8.23. The van der Waals surface area contributed by atoms with E-state index in [1.807, 2.05) is 20.8 Å². The lowest BCUT2D eigenvalue weighted by Crippen LogP contribution is -2.49. The topological polar surface area (TPSA) is 71.2 Å². The molecule has 2 fully saturated rings. The summed E-state index contributed by atoms with van der Waals surface area (Å²) in [5.41, 5.74) is 0. The second-order valence-electron chi connectivity index (χ2n) is 5.59. The molecule has 0 aromatic heterocycles. The predicted octanol–water partition coefficient (Wildman–Crippen LogP) is 1.23. The molecule has 136 valence electrons. The fraction of sp³-hybridized carbons (Fsp3) is 1.00. The third kappa shape index (κ3) is 7.57. The van der Waals surface area contributed by atoms with Crippen molar-refractivity contribution < 1.29 is 32.2 Å². The summed E-state index contributed by atoms with van der Waals surface area (Å²) in [6.07, 6.45) is 0.330. The van der Waals surface area contributed by atoms with Gasteiger partial charge in [-0.1, -0.05) is 0 Å². The van der Waals surface area contributed by atoms with Crippen LogP contribution in [-0.4, -0.2) is 80.0 Å². The van der Waals surface area contributed by atoms with Gasteiger partial charge in [0.15, 0.2) is 0 Å². The van der Waals surface area contributed by atoms with E-state index in [0.717, 1.165) is 13.2 Å². The highest BCUT2D eigenvalue weighted by atomic mass is 28.4. The first-order chi connectivity index (χ1) is 11.2. The lowest BCUT2D eigenvalue weighted by Gasteiger charge is -2.31. The van der Waals surface area contributed by atoms with Gasteiger partial charge in [-0.2, -0.15) is 0 Å². The number of ether oxygens (including phenoxy) is 4. The van der Waals surface area contributed by atoms with Crippen LogP contribution >= 0.6 is 0 Å². The molecule has 2 aliphatic heterocycles. The van der Waals surface area contributed by atoms with E-state index in [4.69, 9.17) is 32.2 Å². The van der Waals surface area contributed by atoms with Crippen LogP contribution in [0.4, 0.5) is 0 Å². The number of epoxide rings is 2. The number of rotatable bonds is 15. The maximum Gasteiger partial charge on any atom is 0.503 e. The Labute approximate surface area is 139 Å². The van der Waals surface area contributed by atoms with E-state index in [-0.39, 0.29) is 18.3 Å². The monoisotopic (exact) mass is 350 g/mol. The van der Waals surface area contributed by atoms with Gasteiger partial charge in [-0.25, -0.2) is 0 Å². The van der Waals surface area contributed by atoms with Crippen LogP contribution in [0, 0.1) is 0 Å². The summed E-state index contributed by atoms with van der Waals surface area (Å²) >= 11 is 0. The molecule has 0 aromatic rings. The summed E-state index contributed by atoms with van der Waals surface area (Å²) < 4.78 is 39.8. The van der Waals surface area contributed by atoms with E-state index in [1.165, 1.54) is 0 Å². The minimum absolute atomic E-state index is 0.130. The molecule has 2 heterocycles. The van der Waals surface area contributed by atoms with E-state index in [1.54, 1.807) is 0 Å². The maximum atomic E-state index is 5.97. The lowest BCUT2D eigenvalue weighted by molar-refractivity contribution is -0.0286. The van der Waals surface area contributed by atoms with Crippen molar-refractivity contribution in [3.8, 4) is 0 Å². The highest BCUT2D eigenvalue weighted by molar-refractivity contribution is 6.60. The van der Waals surface area contributed by atoms with Gasteiger partial charge in [-0.05, 0) is 20.8 Å². The van der Waals surface area contributed by atoms with Crippen molar-refractivity contribution >= 4 is 8.80 Å². The molecule has 2 aliphatic rings. The molecule has 23 heavy (non-hydrogen) atoms. The molecule has 8 heteroatoms. The average molecular weight is 350 g/mol. The third-order valence-corrected chi connectivity index (χ3v) is 6.64. The molecule has 0 saturated carbocycles. The SMILES string of the molecule is CCO[Si](CC(COCC1CO1)OCC1CO1)(OCC)OCC. The molecule has 0 aromatic carbocycles. The zero-order valence-electron chi connectivity index (χ0n) is 14.5. The summed E-state index contributed by atoms with van der Waals surface area (Å²) in [5.74, 6) is 0. The second kappa shape index (κ2) is 10.0. The Balaban J connectivity index is 1.87. The van der Waals surface area contributed by atoms with Gasteiger partial charge in [0.2, 0.25) is 0 Å². The van der Waals surface area contributed by atoms with Gasteiger partial charge in [0.05, 0.1) is 39.1 Å². The van der Waals surface area contributed by atoms with Crippen molar-refractivity contribution in [1.82, 2.24) is 0 Å². The number of hydrogen-bond donors (Lipinski definition) is 0. The Hall–Kier alpha value is -0.0631. The van der Waals surface area contributed by atoms with Crippen LogP contribution in [0.2, 0.25) is 6.04 Å². The third-order valence-electron chi connectivity index (χ3n) is 3.50. The van der Waals surface area contributed by atoms with Crippen molar-refractivity contribution in [3.05, 3.63) is 0 Å². The van der Waals surface area contributed by atoms with Crippen molar-refractivity contribution in [2.45, 2.75) is 45.1 Å². The van der Waals surface area contributed by atoms with Crippen molar-refractivity contribution in [2.75, 3.05) is 52.9 Å². The van der Waals surface area contributed by atoms with Crippen molar-refractivity contribution in [1.29, 1.82) is 0 Å². The summed E-state index contributed by atoms with van der Waals surface area (Å²) in [6, 6.07) is 0.584. The van der Waals surface area contributed by atoms with E-state index in [0.29, 0.717) is 45.7 Å². The molecular formula is C15H30O7Si. The zero-order valence-corrected chi connectivity index (χ0v) is 15.5. The summed E-state index contributed by atoms with van der Waals surface area (Å²) in [6.45, 7) is 10.7. The minimum Gasteiger partial charge on any atom is -0.376 e. The molecule has 0 N–H and O–H groups in total. The maximum absolute atomic E-state index is 5.97. The molecule has 0 radical (unpaired) electrons. The zero-order chi connectivity index (χ0) is 16.5. The van der Waals surface area contributed by atoms with Gasteiger partial charge in [-0.3, -0.25) is 0 Å². The first-order valence-electron chi connectivity index (χ1n) is 8.55. The normalized spacial score (nSPS) is 24.7. The average Bonchev–Trinajstić information content (AvgIpc) is 3.40. The highest BCUT2D eigenvalue weighted by Gasteiger charge is 2.44. The molecule has 2 saturated heterocycles. The Bertz CT molecular complexity index is 306. The predicted molar refractivity (Wildman–Crippen MR) is 85.5 cm³/mol. The van der Waals surface area contributed by atoms with Gasteiger partial charge in [0, 0.05) is 25.9 Å². The summed E-state index contributed by atoms with van der Waals surface area (Å²) in [7, 11) is -2.75. The van der Waals surface area contributed by atoms with E-state index in [2.05, 4.69) is 0 Å². The molecule has 7 nitrogen and oxygen atoms in total. The fourth-order valence-corrected chi connectivity index (χ4v) is 5.03. The van der Waals surface area contributed by atoms with Crippen LogP contribution in [0.1, 0.15) is 20.8 Å². The molecule has 0 spiro atoms. The fourth-order valence-electron chi connectivity index (χ4n) is 2.31. The largest absolute Gasteiger partial charge is 0.503 e. The molecular weight excluding hydrogens is 320 g/mol. The first kappa shape index (κ1) is 19.3. The summed E-state index contributed by atoms with van der Waals surface area (Å²) in [5, 5.41) is 0. The molecule has 0 aliphatic carbocycles. The minimum atomic E-state index is -2.75. The van der Waals surface area contributed by atoms with E-state index in [9.17, 15) is 0 Å². The molecule has 3 unspecified atom stereocenters. The van der Waals surface area contributed by atoms with Crippen molar-refractivity contribution in [2.24, 2.45) is 0 Å². The van der Waals surface area contributed by atoms with Crippen LogP contribution in [0.5, 0.6) is 0 Å². The Kier molecular flexibility index (Phi) is 8.42. The smallest absolute Gasteiger partial charge is 0.376 e. The van der Waals surface area contributed by atoms with Crippen LogP contribution in [0.3, 0.4) is 0 Å². The molecule has 3 atom stereocenters. The Morgan fingerprint density at radius 1 is 0.913 bits per heavy atom. The Morgan fingerprint density at radius 3 is 1.91 bits per heavy atom. The first-order valence-corrected chi connectivity index (χ1v) is 10.5. The quantitative estimate of drug-likeness (QED) is 0.325.